The molecule has 0 spiro atoms. The van der Waals surface area contributed by atoms with Crippen molar-refractivity contribution < 1.29 is 9.47 Å². The predicted octanol–water partition coefficient (Wildman–Crippen LogP) is 3.48. The molecule has 0 bridgehead atoms. The Morgan fingerprint density at radius 2 is 1.61 bits per heavy atom. The Bertz CT molecular complexity index is 428. The van der Waals surface area contributed by atoms with Crippen LogP contribution in [0.2, 0.25) is 5.02 Å². The number of halogens is 1. The van der Waals surface area contributed by atoms with Gasteiger partial charge in [0, 0.05) is 11.1 Å². The fraction of sp³-hybridized carbons (Fsp3) is 0.571. The normalized spacial score (nSPS) is 18.4. The highest BCUT2D eigenvalue weighted by atomic mass is 35.5. The highest BCUT2D eigenvalue weighted by Gasteiger charge is 2.35. The number of hydrogen-bond acceptors (Lipinski definition) is 3. The summed E-state index contributed by atoms with van der Waals surface area (Å²) in [5.41, 5.74) is 7.06. The summed E-state index contributed by atoms with van der Waals surface area (Å²) in [5, 5.41) is 0.584. The van der Waals surface area contributed by atoms with Gasteiger partial charge in [0.05, 0.1) is 19.2 Å². The van der Waals surface area contributed by atoms with Crippen molar-refractivity contribution in [3.05, 3.63) is 22.7 Å². The molecular formula is C14H20ClNO2. The largest absolute Gasteiger partial charge is 0.496 e. The zero-order valence-corrected chi connectivity index (χ0v) is 11.7. The van der Waals surface area contributed by atoms with Crippen LogP contribution in [0, 0.1) is 0 Å². The minimum atomic E-state index is -0.394. The first kappa shape index (κ1) is 13.5. The first-order valence-corrected chi connectivity index (χ1v) is 6.70. The molecule has 0 unspecified atom stereocenters. The number of rotatable bonds is 3. The van der Waals surface area contributed by atoms with Gasteiger partial charge in [0.1, 0.15) is 11.5 Å². The predicted molar refractivity (Wildman–Crippen MR) is 73.5 cm³/mol. The second kappa shape index (κ2) is 5.37. The van der Waals surface area contributed by atoms with Gasteiger partial charge in [-0.3, -0.25) is 0 Å². The van der Waals surface area contributed by atoms with Crippen LogP contribution < -0.4 is 15.2 Å². The molecule has 1 fully saturated rings. The lowest BCUT2D eigenvalue weighted by atomic mass is 9.77. The first-order valence-electron chi connectivity index (χ1n) is 6.32. The smallest absolute Gasteiger partial charge is 0.138 e. The van der Waals surface area contributed by atoms with Gasteiger partial charge in [0.2, 0.25) is 0 Å². The molecule has 0 aliphatic heterocycles. The van der Waals surface area contributed by atoms with E-state index in [1.807, 2.05) is 12.1 Å². The molecule has 100 valence electrons. The highest BCUT2D eigenvalue weighted by molar-refractivity contribution is 6.33. The minimum Gasteiger partial charge on any atom is -0.496 e. The Labute approximate surface area is 113 Å². The van der Waals surface area contributed by atoms with E-state index in [-0.39, 0.29) is 0 Å². The lowest BCUT2D eigenvalue weighted by Crippen LogP contribution is -2.39. The summed E-state index contributed by atoms with van der Waals surface area (Å²) in [6, 6.07) is 3.69. The molecule has 1 aliphatic carbocycles. The van der Waals surface area contributed by atoms with Gasteiger partial charge < -0.3 is 15.2 Å². The molecule has 0 saturated heterocycles. The SMILES string of the molecule is COc1ccc(OC)c(C2(N)CCCCC2)c1Cl. The van der Waals surface area contributed by atoms with E-state index in [2.05, 4.69) is 0 Å². The summed E-state index contributed by atoms with van der Waals surface area (Å²) in [6.07, 6.45) is 5.38. The van der Waals surface area contributed by atoms with Gasteiger partial charge in [-0.05, 0) is 25.0 Å². The van der Waals surface area contributed by atoms with Crippen LogP contribution in [0.3, 0.4) is 0 Å². The molecule has 4 heteroatoms. The van der Waals surface area contributed by atoms with Crippen molar-refractivity contribution in [2.24, 2.45) is 5.73 Å². The van der Waals surface area contributed by atoms with E-state index in [0.717, 1.165) is 37.0 Å². The number of benzene rings is 1. The highest BCUT2D eigenvalue weighted by Crippen LogP contribution is 2.45. The first-order chi connectivity index (χ1) is 8.62. The Balaban J connectivity index is 2.52. The molecule has 18 heavy (non-hydrogen) atoms. The van der Waals surface area contributed by atoms with Crippen molar-refractivity contribution in [1.82, 2.24) is 0 Å². The van der Waals surface area contributed by atoms with Gasteiger partial charge in [-0.2, -0.15) is 0 Å². The van der Waals surface area contributed by atoms with E-state index >= 15 is 0 Å². The lowest BCUT2D eigenvalue weighted by Gasteiger charge is -2.35. The molecule has 0 atom stereocenters. The fourth-order valence-corrected chi connectivity index (χ4v) is 3.19. The van der Waals surface area contributed by atoms with Crippen LogP contribution in [0.1, 0.15) is 37.7 Å². The van der Waals surface area contributed by atoms with Gasteiger partial charge in [-0.25, -0.2) is 0 Å². The molecule has 3 nitrogen and oxygen atoms in total. The molecule has 1 aromatic carbocycles. The van der Waals surface area contributed by atoms with Crippen molar-refractivity contribution in [2.45, 2.75) is 37.6 Å². The maximum atomic E-state index is 6.56. The fourth-order valence-electron chi connectivity index (χ4n) is 2.76. The quantitative estimate of drug-likeness (QED) is 0.914. The maximum Gasteiger partial charge on any atom is 0.138 e. The van der Waals surface area contributed by atoms with Crippen LogP contribution in [-0.4, -0.2) is 14.2 Å². The molecule has 1 saturated carbocycles. The van der Waals surface area contributed by atoms with Crippen LogP contribution in [0.4, 0.5) is 0 Å². The summed E-state index contributed by atoms with van der Waals surface area (Å²) < 4.78 is 10.7. The van der Waals surface area contributed by atoms with Crippen molar-refractivity contribution in [3.63, 3.8) is 0 Å². The van der Waals surface area contributed by atoms with E-state index < -0.39 is 5.54 Å². The van der Waals surface area contributed by atoms with Gasteiger partial charge >= 0.3 is 0 Å². The van der Waals surface area contributed by atoms with Crippen molar-refractivity contribution in [3.8, 4) is 11.5 Å². The zero-order valence-electron chi connectivity index (χ0n) is 11.0. The molecular weight excluding hydrogens is 250 g/mol. The zero-order chi connectivity index (χ0) is 13.2. The number of ether oxygens (including phenoxy) is 2. The van der Waals surface area contributed by atoms with Crippen LogP contribution in [0.15, 0.2) is 12.1 Å². The molecule has 0 aromatic heterocycles. The molecule has 0 heterocycles. The molecule has 0 radical (unpaired) electrons. The third kappa shape index (κ3) is 2.29. The summed E-state index contributed by atoms with van der Waals surface area (Å²) in [7, 11) is 3.26. The molecule has 1 aromatic rings. The van der Waals surface area contributed by atoms with Crippen molar-refractivity contribution in [2.75, 3.05) is 14.2 Å². The summed E-state index contributed by atoms with van der Waals surface area (Å²) in [4.78, 5) is 0. The molecule has 1 aliphatic rings. The Hall–Kier alpha value is -0.930. The third-order valence-electron chi connectivity index (χ3n) is 3.75. The Morgan fingerprint density at radius 3 is 2.17 bits per heavy atom. The van der Waals surface area contributed by atoms with Crippen LogP contribution in [-0.2, 0) is 5.54 Å². The van der Waals surface area contributed by atoms with Crippen molar-refractivity contribution >= 4 is 11.6 Å². The summed E-state index contributed by atoms with van der Waals surface area (Å²) in [5.74, 6) is 1.41. The number of nitrogens with two attached hydrogens (primary N) is 1. The average molecular weight is 270 g/mol. The average Bonchev–Trinajstić information content (AvgIpc) is 2.38. The molecule has 2 rings (SSSR count). The second-order valence-corrected chi connectivity index (χ2v) is 5.25. The Kier molecular flexibility index (Phi) is 4.03. The van der Waals surface area contributed by atoms with Gasteiger partial charge in [-0.1, -0.05) is 30.9 Å². The van der Waals surface area contributed by atoms with E-state index in [0.29, 0.717) is 10.8 Å². The van der Waals surface area contributed by atoms with Gasteiger partial charge in [0.25, 0.3) is 0 Å². The van der Waals surface area contributed by atoms with E-state index in [4.69, 9.17) is 26.8 Å². The van der Waals surface area contributed by atoms with Crippen molar-refractivity contribution in [1.29, 1.82) is 0 Å². The number of methoxy groups -OCH3 is 2. The van der Waals surface area contributed by atoms with E-state index in [1.165, 1.54) is 6.42 Å². The summed E-state index contributed by atoms with van der Waals surface area (Å²) in [6.45, 7) is 0. The molecule has 2 N–H and O–H groups in total. The monoisotopic (exact) mass is 269 g/mol. The maximum absolute atomic E-state index is 6.56. The molecule has 0 amide bonds. The third-order valence-corrected chi connectivity index (χ3v) is 4.13. The topological polar surface area (TPSA) is 44.5 Å². The Morgan fingerprint density at radius 1 is 1.06 bits per heavy atom. The number of hydrogen-bond donors (Lipinski definition) is 1. The van der Waals surface area contributed by atoms with Gasteiger partial charge in [-0.15, -0.1) is 0 Å². The summed E-state index contributed by atoms with van der Waals surface area (Å²) >= 11 is 6.43. The van der Waals surface area contributed by atoms with Crippen LogP contribution in [0.5, 0.6) is 11.5 Å². The van der Waals surface area contributed by atoms with Crippen LogP contribution in [0.25, 0.3) is 0 Å². The van der Waals surface area contributed by atoms with Crippen LogP contribution >= 0.6 is 11.6 Å². The van der Waals surface area contributed by atoms with Gasteiger partial charge in [0.15, 0.2) is 0 Å². The lowest BCUT2D eigenvalue weighted by molar-refractivity contribution is 0.287. The standard InChI is InChI=1S/C14H20ClNO2/c1-17-10-6-7-11(18-2)13(15)12(10)14(16)8-4-3-5-9-14/h6-7H,3-5,8-9,16H2,1-2H3. The second-order valence-electron chi connectivity index (χ2n) is 4.88. The minimum absolute atomic E-state index is 0.394. The van der Waals surface area contributed by atoms with E-state index in [1.54, 1.807) is 14.2 Å². The van der Waals surface area contributed by atoms with E-state index in [9.17, 15) is 0 Å².